The second kappa shape index (κ2) is 4.67. The van der Waals surface area contributed by atoms with Gasteiger partial charge in [-0.2, -0.15) is 0 Å². The van der Waals surface area contributed by atoms with Gasteiger partial charge in [-0.05, 0) is 18.6 Å². The van der Waals surface area contributed by atoms with Gasteiger partial charge in [0.1, 0.15) is 5.82 Å². The molecule has 0 bridgehead atoms. The molecule has 0 radical (unpaired) electrons. The van der Waals surface area contributed by atoms with Crippen LogP contribution in [0.1, 0.15) is 5.56 Å². The summed E-state index contributed by atoms with van der Waals surface area (Å²) in [7, 11) is 0. The molecule has 0 aromatic carbocycles. The Hall–Kier alpha value is -1.33. The Kier molecular flexibility index (Phi) is 3.26. The molecule has 1 atom stereocenters. The summed E-state index contributed by atoms with van der Waals surface area (Å²) in [5, 5.41) is 9.08. The van der Waals surface area contributed by atoms with Crippen LogP contribution in [0.5, 0.6) is 0 Å². The highest BCUT2D eigenvalue weighted by molar-refractivity contribution is 5.52. The Morgan fingerprint density at radius 1 is 1.69 bits per heavy atom. The van der Waals surface area contributed by atoms with Crippen molar-refractivity contribution >= 4 is 11.5 Å². The molecule has 0 amide bonds. The zero-order valence-electron chi connectivity index (χ0n) is 9.39. The van der Waals surface area contributed by atoms with Crippen molar-refractivity contribution in [2.45, 2.75) is 13.0 Å². The van der Waals surface area contributed by atoms with Gasteiger partial charge in [0.2, 0.25) is 0 Å². The molecule has 1 aliphatic heterocycles. The molecule has 0 saturated carbocycles. The molecule has 5 heteroatoms. The van der Waals surface area contributed by atoms with Gasteiger partial charge in [-0.1, -0.05) is 0 Å². The summed E-state index contributed by atoms with van der Waals surface area (Å²) in [6.07, 6.45) is 1.54. The first kappa shape index (κ1) is 11.2. The van der Waals surface area contributed by atoms with E-state index in [9.17, 15) is 0 Å². The lowest BCUT2D eigenvalue weighted by Gasteiger charge is -2.33. The highest BCUT2D eigenvalue weighted by Crippen LogP contribution is 2.21. The fourth-order valence-electron chi connectivity index (χ4n) is 1.94. The summed E-state index contributed by atoms with van der Waals surface area (Å²) < 4.78 is 5.40. The number of morpholine rings is 1. The number of aryl methyl sites for hydroxylation is 1. The fraction of sp³-hybridized carbons (Fsp3) is 0.545. The van der Waals surface area contributed by atoms with Crippen molar-refractivity contribution in [2.75, 3.05) is 36.9 Å². The average Bonchev–Trinajstić information content (AvgIpc) is 2.29. The maximum absolute atomic E-state index is 9.08. The van der Waals surface area contributed by atoms with Gasteiger partial charge in [0, 0.05) is 13.1 Å². The molecule has 1 aromatic heterocycles. The Bertz CT molecular complexity index is 370. The number of hydrogen-bond donors (Lipinski definition) is 2. The standard InChI is InChI=1S/C11H17N3O2/c1-8-4-9(12)5-13-11(8)14-2-3-16-10(6-14)7-15/h4-5,10,15H,2-3,6-7,12H2,1H3. The molecule has 1 aliphatic rings. The van der Waals surface area contributed by atoms with Crippen molar-refractivity contribution < 1.29 is 9.84 Å². The predicted molar refractivity (Wildman–Crippen MR) is 62.4 cm³/mol. The molecule has 16 heavy (non-hydrogen) atoms. The molecule has 1 aromatic rings. The van der Waals surface area contributed by atoms with Gasteiger partial charge < -0.3 is 20.5 Å². The van der Waals surface area contributed by atoms with Crippen LogP contribution < -0.4 is 10.6 Å². The highest BCUT2D eigenvalue weighted by Gasteiger charge is 2.21. The molecular formula is C11H17N3O2. The number of nitrogens with two attached hydrogens (primary N) is 1. The molecule has 3 N–H and O–H groups in total. The molecule has 0 spiro atoms. The number of pyridine rings is 1. The number of anilines is 2. The second-order valence-corrected chi connectivity index (χ2v) is 4.03. The van der Waals surface area contributed by atoms with E-state index in [-0.39, 0.29) is 12.7 Å². The van der Waals surface area contributed by atoms with E-state index >= 15 is 0 Å². The van der Waals surface area contributed by atoms with Crippen molar-refractivity contribution in [3.05, 3.63) is 17.8 Å². The highest BCUT2D eigenvalue weighted by atomic mass is 16.5. The predicted octanol–water partition coefficient (Wildman–Crippen LogP) is 0.170. The SMILES string of the molecule is Cc1cc(N)cnc1N1CCOC(CO)C1. The van der Waals surface area contributed by atoms with Gasteiger partial charge in [-0.25, -0.2) is 4.98 Å². The molecule has 0 aliphatic carbocycles. The zero-order valence-corrected chi connectivity index (χ0v) is 9.39. The van der Waals surface area contributed by atoms with E-state index in [2.05, 4.69) is 9.88 Å². The van der Waals surface area contributed by atoms with Crippen LogP contribution in [-0.4, -0.2) is 42.5 Å². The van der Waals surface area contributed by atoms with Crippen LogP contribution >= 0.6 is 0 Å². The van der Waals surface area contributed by atoms with Crippen molar-refractivity contribution in [1.29, 1.82) is 0 Å². The molecule has 1 fully saturated rings. The molecule has 1 saturated heterocycles. The summed E-state index contributed by atoms with van der Waals surface area (Å²) >= 11 is 0. The Morgan fingerprint density at radius 2 is 2.50 bits per heavy atom. The van der Waals surface area contributed by atoms with Crippen LogP contribution in [0.3, 0.4) is 0 Å². The number of ether oxygens (including phenoxy) is 1. The molecule has 2 heterocycles. The first-order chi connectivity index (χ1) is 7.70. The number of aromatic nitrogens is 1. The Morgan fingerprint density at radius 3 is 3.19 bits per heavy atom. The summed E-state index contributed by atoms with van der Waals surface area (Å²) in [5.74, 6) is 0.927. The minimum Gasteiger partial charge on any atom is -0.397 e. The largest absolute Gasteiger partial charge is 0.397 e. The first-order valence-corrected chi connectivity index (χ1v) is 5.40. The maximum atomic E-state index is 9.08. The van der Waals surface area contributed by atoms with Gasteiger partial charge in [-0.15, -0.1) is 0 Å². The van der Waals surface area contributed by atoms with E-state index in [4.69, 9.17) is 15.6 Å². The number of nitrogen functional groups attached to an aromatic ring is 1. The molecule has 2 rings (SSSR count). The minimum absolute atomic E-state index is 0.0462. The molecule has 88 valence electrons. The summed E-state index contributed by atoms with van der Waals surface area (Å²) in [5.41, 5.74) is 7.39. The van der Waals surface area contributed by atoms with E-state index in [0.29, 0.717) is 18.8 Å². The van der Waals surface area contributed by atoms with Crippen molar-refractivity contribution in [2.24, 2.45) is 0 Å². The first-order valence-electron chi connectivity index (χ1n) is 5.40. The van der Waals surface area contributed by atoms with Gasteiger partial charge in [0.05, 0.1) is 31.2 Å². The monoisotopic (exact) mass is 223 g/mol. The smallest absolute Gasteiger partial charge is 0.131 e. The number of hydrogen-bond acceptors (Lipinski definition) is 5. The van der Waals surface area contributed by atoms with Crippen LogP contribution in [0.25, 0.3) is 0 Å². The molecule has 1 unspecified atom stereocenters. The van der Waals surface area contributed by atoms with E-state index in [1.165, 1.54) is 0 Å². The van der Waals surface area contributed by atoms with Gasteiger partial charge in [0.25, 0.3) is 0 Å². The third kappa shape index (κ3) is 2.25. The van der Waals surface area contributed by atoms with E-state index < -0.39 is 0 Å². The van der Waals surface area contributed by atoms with Crippen LogP contribution in [0.2, 0.25) is 0 Å². The number of rotatable bonds is 2. The second-order valence-electron chi connectivity index (χ2n) is 4.03. The zero-order chi connectivity index (χ0) is 11.5. The van der Waals surface area contributed by atoms with E-state index in [1.54, 1.807) is 6.20 Å². The van der Waals surface area contributed by atoms with E-state index in [0.717, 1.165) is 17.9 Å². The quantitative estimate of drug-likeness (QED) is 0.748. The van der Waals surface area contributed by atoms with Gasteiger partial charge in [-0.3, -0.25) is 0 Å². The molecular weight excluding hydrogens is 206 g/mol. The Balaban J connectivity index is 2.16. The van der Waals surface area contributed by atoms with Crippen molar-refractivity contribution in [3.63, 3.8) is 0 Å². The lowest BCUT2D eigenvalue weighted by atomic mass is 10.2. The number of aliphatic hydroxyl groups excluding tert-OH is 1. The van der Waals surface area contributed by atoms with Crippen LogP contribution in [0.15, 0.2) is 12.3 Å². The number of aliphatic hydroxyl groups is 1. The van der Waals surface area contributed by atoms with Crippen molar-refractivity contribution in [1.82, 2.24) is 4.98 Å². The third-order valence-electron chi connectivity index (χ3n) is 2.71. The van der Waals surface area contributed by atoms with Crippen LogP contribution in [0, 0.1) is 6.92 Å². The van der Waals surface area contributed by atoms with E-state index in [1.807, 2.05) is 13.0 Å². The summed E-state index contributed by atoms with van der Waals surface area (Å²) in [6, 6.07) is 1.91. The van der Waals surface area contributed by atoms with Gasteiger partial charge in [0.15, 0.2) is 0 Å². The van der Waals surface area contributed by atoms with Crippen LogP contribution in [-0.2, 0) is 4.74 Å². The third-order valence-corrected chi connectivity index (χ3v) is 2.71. The van der Waals surface area contributed by atoms with Crippen molar-refractivity contribution in [3.8, 4) is 0 Å². The van der Waals surface area contributed by atoms with Crippen LogP contribution in [0.4, 0.5) is 11.5 Å². The lowest BCUT2D eigenvalue weighted by molar-refractivity contribution is 0.00333. The summed E-state index contributed by atoms with van der Waals surface area (Å²) in [6.45, 7) is 4.13. The van der Waals surface area contributed by atoms with Gasteiger partial charge >= 0.3 is 0 Å². The minimum atomic E-state index is -0.118. The topological polar surface area (TPSA) is 71.6 Å². The average molecular weight is 223 g/mol. The fourth-order valence-corrected chi connectivity index (χ4v) is 1.94. The number of nitrogens with zero attached hydrogens (tertiary/aromatic N) is 2. The maximum Gasteiger partial charge on any atom is 0.131 e. The lowest BCUT2D eigenvalue weighted by Crippen LogP contribution is -2.44. The normalized spacial score (nSPS) is 21.1. The molecule has 5 nitrogen and oxygen atoms in total. The Labute approximate surface area is 94.8 Å². The summed E-state index contributed by atoms with van der Waals surface area (Å²) in [4.78, 5) is 6.46.